The van der Waals surface area contributed by atoms with Crippen LogP contribution in [0.1, 0.15) is 44.7 Å². The van der Waals surface area contributed by atoms with Crippen LogP contribution < -0.4 is 5.32 Å². The normalized spacial score (nSPS) is 23.1. The van der Waals surface area contributed by atoms with Crippen LogP contribution in [0.25, 0.3) is 0 Å². The summed E-state index contributed by atoms with van der Waals surface area (Å²) in [5, 5.41) is 3.74. The van der Waals surface area contributed by atoms with Crippen molar-refractivity contribution in [3.63, 3.8) is 0 Å². The monoisotopic (exact) mass is 275 g/mol. The molecule has 2 atom stereocenters. The summed E-state index contributed by atoms with van der Waals surface area (Å²) in [6.07, 6.45) is 9.59. The van der Waals surface area contributed by atoms with Crippen LogP contribution in [0.15, 0.2) is 24.4 Å². The van der Waals surface area contributed by atoms with E-state index in [0.29, 0.717) is 12.1 Å². The van der Waals surface area contributed by atoms with E-state index in [9.17, 15) is 0 Å². The molecule has 0 aromatic carbocycles. The highest BCUT2D eigenvalue weighted by Crippen LogP contribution is 2.22. The van der Waals surface area contributed by atoms with Crippen molar-refractivity contribution in [3.05, 3.63) is 30.1 Å². The molecule has 0 radical (unpaired) electrons. The minimum Gasteiger partial charge on any atom is -0.312 e. The molecule has 3 heteroatoms. The van der Waals surface area contributed by atoms with Crippen LogP contribution in [0.4, 0.5) is 0 Å². The molecular formula is C17H29N3. The molecule has 0 spiro atoms. The third kappa shape index (κ3) is 4.57. The van der Waals surface area contributed by atoms with Gasteiger partial charge in [0.05, 0.1) is 0 Å². The van der Waals surface area contributed by atoms with Gasteiger partial charge in [0.25, 0.3) is 0 Å². The van der Waals surface area contributed by atoms with E-state index in [1.54, 1.807) is 0 Å². The number of hydrogen-bond acceptors (Lipinski definition) is 3. The molecule has 1 saturated carbocycles. The number of nitrogens with one attached hydrogen (secondary N) is 1. The van der Waals surface area contributed by atoms with Crippen LogP contribution in [0.5, 0.6) is 0 Å². The van der Waals surface area contributed by atoms with Gasteiger partial charge in [-0.2, -0.15) is 0 Å². The Morgan fingerprint density at radius 3 is 2.90 bits per heavy atom. The van der Waals surface area contributed by atoms with Crippen molar-refractivity contribution >= 4 is 0 Å². The highest BCUT2D eigenvalue weighted by molar-refractivity contribution is 5.04. The Hall–Kier alpha value is -0.930. The van der Waals surface area contributed by atoms with Crippen LogP contribution in [0.3, 0.4) is 0 Å². The Morgan fingerprint density at radius 2 is 2.15 bits per heavy atom. The van der Waals surface area contributed by atoms with Gasteiger partial charge < -0.3 is 10.2 Å². The second-order valence-corrected chi connectivity index (χ2v) is 5.96. The third-order valence-corrected chi connectivity index (χ3v) is 4.40. The molecule has 1 N–H and O–H groups in total. The number of nitrogens with zero attached hydrogens (tertiary/aromatic N) is 2. The van der Waals surface area contributed by atoms with Crippen LogP contribution in [0.2, 0.25) is 0 Å². The number of pyridine rings is 1. The molecule has 20 heavy (non-hydrogen) atoms. The van der Waals surface area contributed by atoms with E-state index in [1.807, 2.05) is 12.3 Å². The summed E-state index contributed by atoms with van der Waals surface area (Å²) in [4.78, 5) is 6.96. The molecule has 1 aromatic heterocycles. The van der Waals surface area contributed by atoms with E-state index in [0.717, 1.165) is 19.5 Å². The summed E-state index contributed by atoms with van der Waals surface area (Å²) in [7, 11) is 2.28. The lowest BCUT2D eigenvalue weighted by atomic mass is 9.89. The molecule has 1 heterocycles. The molecule has 1 aliphatic rings. The molecule has 1 aromatic rings. The first-order valence-electron chi connectivity index (χ1n) is 8.14. The molecule has 1 aliphatic carbocycles. The van der Waals surface area contributed by atoms with Gasteiger partial charge in [0, 0.05) is 36.9 Å². The minimum absolute atomic E-state index is 0.678. The Balaban J connectivity index is 1.84. The van der Waals surface area contributed by atoms with Crippen LogP contribution in [-0.4, -0.2) is 42.1 Å². The standard InChI is InChI=1S/C17H29N3/c1-3-12-19-16-9-4-5-10-17(16)20(2)14-11-15-8-6-7-13-18-15/h6-8,13,16-17,19H,3-5,9-12,14H2,1-2H3. The van der Waals surface area contributed by atoms with Gasteiger partial charge in [-0.15, -0.1) is 0 Å². The van der Waals surface area contributed by atoms with Gasteiger partial charge in [0.1, 0.15) is 0 Å². The Labute approximate surface area is 123 Å². The van der Waals surface area contributed by atoms with Crippen molar-refractivity contribution in [3.8, 4) is 0 Å². The second kappa shape index (κ2) is 8.38. The summed E-state index contributed by atoms with van der Waals surface area (Å²) in [6, 6.07) is 7.56. The summed E-state index contributed by atoms with van der Waals surface area (Å²) < 4.78 is 0. The van der Waals surface area contributed by atoms with Gasteiger partial charge in [-0.25, -0.2) is 0 Å². The van der Waals surface area contributed by atoms with Crippen molar-refractivity contribution in [2.24, 2.45) is 0 Å². The average Bonchev–Trinajstić information content (AvgIpc) is 2.52. The van der Waals surface area contributed by atoms with Crippen LogP contribution in [0, 0.1) is 0 Å². The van der Waals surface area contributed by atoms with E-state index in [1.165, 1.54) is 37.8 Å². The summed E-state index contributed by atoms with van der Waals surface area (Å²) >= 11 is 0. The lowest BCUT2D eigenvalue weighted by Crippen LogP contribution is -2.51. The van der Waals surface area contributed by atoms with E-state index in [2.05, 4.69) is 41.3 Å². The van der Waals surface area contributed by atoms with Gasteiger partial charge >= 0.3 is 0 Å². The van der Waals surface area contributed by atoms with E-state index in [-0.39, 0.29) is 0 Å². The fourth-order valence-corrected chi connectivity index (χ4v) is 3.21. The Kier molecular flexibility index (Phi) is 6.48. The quantitative estimate of drug-likeness (QED) is 0.829. The third-order valence-electron chi connectivity index (χ3n) is 4.40. The minimum atomic E-state index is 0.678. The van der Waals surface area contributed by atoms with Crippen molar-refractivity contribution in [1.29, 1.82) is 0 Å². The molecule has 2 unspecified atom stereocenters. The van der Waals surface area contributed by atoms with Crippen molar-refractivity contribution in [2.75, 3.05) is 20.1 Å². The van der Waals surface area contributed by atoms with Crippen molar-refractivity contribution in [1.82, 2.24) is 15.2 Å². The molecule has 0 amide bonds. The van der Waals surface area contributed by atoms with Crippen molar-refractivity contribution < 1.29 is 0 Å². The van der Waals surface area contributed by atoms with E-state index < -0.39 is 0 Å². The highest BCUT2D eigenvalue weighted by atomic mass is 15.2. The van der Waals surface area contributed by atoms with Crippen LogP contribution in [-0.2, 0) is 6.42 Å². The first-order valence-corrected chi connectivity index (χ1v) is 8.14. The largest absolute Gasteiger partial charge is 0.312 e. The van der Waals surface area contributed by atoms with Gasteiger partial charge in [-0.3, -0.25) is 4.98 Å². The number of rotatable bonds is 7. The molecular weight excluding hydrogens is 246 g/mol. The van der Waals surface area contributed by atoms with Crippen LogP contribution >= 0.6 is 0 Å². The number of hydrogen-bond donors (Lipinski definition) is 1. The molecule has 112 valence electrons. The SMILES string of the molecule is CCCNC1CCCCC1N(C)CCc1ccccn1. The second-order valence-electron chi connectivity index (χ2n) is 5.96. The number of aromatic nitrogens is 1. The van der Waals surface area contributed by atoms with E-state index in [4.69, 9.17) is 0 Å². The fourth-order valence-electron chi connectivity index (χ4n) is 3.21. The molecule has 0 bridgehead atoms. The van der Waals surface area contributed by atoms with Gasteiger partial charge in [0.15, 0.2) is 0 Å². The van der Waals surface area contributed by atoms with Gasteiger partial charge in [-0.05, 0) is 45.0 Å². The molecule has 0 saturated heterocycles. The topological polar surface area (TPSA) is 28.2 Å². The smallest absolute Gasteiger partial charge is 0.0416 e. The van der Waals surface area contributed by atoms with Gasteiger partial charge in [0.2, 0.25) is 0 Å². The summed E-state index contributed by atoms with van der Waals surface area (Å²) in [5.74, 6) is 0. The first kappa shape index (κ1) is 15.5. The zero-order valence-electron chi connectivity index (χ0n) is 13.0. The summed E-state index contributed by atoms with van der Waals surface area (Å²) in [6.45, 7) is 4.50. The average molecular weight is 275 g/mol. The number of likely N-dealkylation sites (N-methyl/N-ethyl adjacent to an activating group) is 1. The Morgan fingerprint density at radius 1 is 1.30 bits per heavy atom. The van der Waals surface area contributed by atoms with E-state index >= 15 is 0 Å². The molecule has 2 rings (SSSR count). The zero-order chi connectivity index (χ0) is 14.2. The lowest BCUT2D eigenvalue weighted by Gasteiger charge is -2.38. The maximum absolute atomic E-state index is 4.42. The lowest BCUT2D eigenvalue weighted by molar-refractivity contribution is 0.150. The Bertz CT molecular complexity index is 366. The zero-order valence-corrected chi connectivity index (χ0v) is 13.0. The predicted molar refractivity (Wildman–Crippen MR) is 84.9 cm³/mol. The molecule has 0 aliphatic heterocycles. The first-order chi connectivity index (χ1) is 9.81. The van der Waals surface area contributed by atoms with Crippen molar-refractivity contribution in [2.45, 2.75) is 57.5 Å². The molecule has 3 nitrogen and oxygen atoms in total. The van der Waals surface area contributed by atoms with Gasteiger partial charge in [-0.1, -0.05) is 25.8 Å². The predicted octanol–water partition coefficient (Wildman–Crippen LogP) is 2.87. The summed E-state index contributed by atoms with van der Waals surface area (Å²) in [5.41, 5.74) is 1.20. The molecule has 1 fully saturated rings. The maximum Gasteiger partial charge on any atom is 0.0416 e. The maximum atomic E-state index is 4.42. The highest BCUT2D eigenvalue weighted by Gasteiger charge is 2.27. The fraction of sp³-hybridized carbons (Fsp3) is 0.706.